The summed E-state index contributed by atoms with van der Waals surface area (Å²) < 4.78 is 70.8. The zero-order valence-corrected chi connectivity index (χ0v) is 17.3. The molecule has 1 heterocycles. The van der Waals surface area contributed by atoms with E-state index in [1.54, 1.807) is 12.1 Å². The number of aromatic nitrogens is 2. The Bertz CT molecular complexity index is 1090. The third-order valence-corrected chi connectivity index (χ3v) is 4.60. The van der Waals surface area contributed by atoms with Crippen molar-refractivity contribution in [3.8, 4) is 22.9 Å². The van der Waals surface area contributed by atoms with Crippen molar-refractivity contribution in [3.05, 3.63) is 65.2 Å². The van der Waals surface area contributed by atoms with Crippen LogP contribution in [0.15, 0.2) is 42.6 Å². The molecule has 3 rings (SSSR count). The van der Waals surface area contributed by atoms with Gasteiger partial charge in [0.2, 0.25) is 0 Å². The Labute approximate surface area is 180 Å². The van der Waals surface area contributed by atoms with Crippen molar-refractivity contribution in [3.63, 3.8) is 0 Å². The van der Waals surface area contributed by atoms with E-state index in [0.717, 1.165) is 30.5 Å². The average molecular weight is 453 g/mol. The molecule has 0 atom stereocenters. The van der Waals surface area contributed by atoms with Gasteiger partial charge in [0.15, 0.2) is 5.69 Å². The number of carbonyl (C=O) groups is 1. The molecule has 0 aliphatic heterocycles. The van der Waals surface area contributed by atoms with Crippen molar-refractivity contribution in [2.45, 2.75) is 12.7 Å². The molecule has 7 nitrogen and oxygen atoms in total. The summed E-state index contributed by atoms with van der Waals surface area (Å²) in [7, 11) is 4.25. The van der Waals surface area contributed by atoms with Crippen molar-refractivity contribution in [1.82, 2.24) is 15.1 Å². The summed E-state index contributed by atoms with van der Waals surface area (Å²) in [4.78, 5) is 12.7. The van der Waals surface area contributed by atoms with Crippen LogP contribution in [0.25, 0.3) is 5.69 Å². The first-order chi connectivity index (χ1) is 15.2. The van der Waals surface area contributed by atoms with Crippen molar-refractivity contribution in [2.75, 3.05) is 21.3 Å². The van der Waals surface area contributed by atoms with Gasteiger partial charge in [0.25, 0.3) is 5.91 Å². The van der Waals surface area contributed by atoms with E-state index >= 15 is 0 Å². The standard InChI is InChI=1S/C21H19F4N3O4/c1-30-14-8-17(31-2)15(18(9-14)32-3)10-26-20(29)16-11-27-28(19(16)21(23,24)25)13-6-4-12(22)5-7-13/h4-9,11H,10H2,1-3H3,(H,26,29). The SMILES string of the molecule is COc1cc(OC)c(CNC(=O)c2cnn(-c3ccc(F)cc3)c2C(F)(F)F)c(OC)c1. The van der Waals surface area contributed by atoms with Crippen LogP contribution in [-0.2, 0) is 12.7 Å². The van der Waals surface area contributed by atoms with Gasteiger partial charge in [-0.2, -0.15) is 18.3 Å². The highest BCUT2D eigenvalue weighted by Crippen LogP contribution is 2.35. The second-order valence-electron chi connectivity index (χ2n) is 6.49. The first-order valence-corrected chi connectivity index (χ1v) is 9.17. The Kier molecular flexibility index (Phi) is 6.56. The Balaban J connectivity index is 1.93. The van der Waals surface area contributed by atoms with Crippen LogP contribution >= 0.6 is 0 Å². The van der Waals surface area contributed by atoms with Gasteiger partial charge in [0.05, 0.1) is 50.9 Å². The lowest BCUT2D eigenvalue weighted by atomic mass is 10.1. The number of carbonyl (C=O) groups excluding carboxylic acids is 1. The van der Waals surface area contributed by atoms with Crippen LogP contribution in [0.4, 0.5) is 17.6 Å². The molecule has 1 amide bonds. The molecule has 0 saturated carbocycles. The van der Waals surface area contributed by atoms with Crippen LogP contribution < -0.4 is 19.5 Å². The number of ether oxygens (including phenoxy) is 3. The van der Waals surface area contributed by atoms with Crippen LogP contribution in [0.1, 0.15) is 21.6 Å². The topological polar surface area (TPSA) is 74.6 Å². The molecular formula is C21H19F4N3O4. The summed E-state index contributed by atoms with van der Waals surface area (Å²) in [5.74, 6) is -0.548. The minimum Gasteiger partial charge on any atom is -0.496 e. The number of nitrogens with one attached hydrogen (secondary N) is 1. The van der Waals surface area contributed by atoms with E-state index in [1.165, 1.54) is 21.3 Å². The number of halogens is 4. The Morgan fingerprint density at radius 3 is 2.12 bits per heavy atom. The number of benzene rings is 2. The number of amides is 1. The Morgan fingerprint density at radius 1 is 1.03 bits per heavy atom. The van der Waals surface area contributed by atoms with Gasteiger partial charge in [0, 0.05) is 12.1 Å². The largest absolute Gasteiger partial charge is 0.496 e. The second-order valence-corrected chi connectivity index (χ2v) is 6.49. The minimum atomic E-state index is -4.90. The third-order valence-electron chi connectivity index (χ3n) is 4.60. The lowest BCUT2D eigenvalue weighted by Gasteiger charge is -2.16. The fourth-order valence-corrected chi connectivity index (χ4v) is 3.08. The molecule has 3 aromatic rings. The summed E-state index contributed by atoms with van der Waals surface area (Å²) in [5, 5.41) is 6.13. The molecular weight excluding hydrogens is 434 g/mol. The first-order valence-electron chi connectivity index (χ1n) is 9.17. The molecule has 1 N–H and O–H groups in total. The van der Waals surface area contributed by atoms with Gasteiger partial charge < -0.3 is 19.5 Å². The summed E-state index contributed by atoms with van der Waals surface area (Å²) in [6.07, 6.45) is -4.09. The lowest BCUT2D eigenvalue weighted by molar-refractivity contribution is -0.143. The third kappa shape index (κ3) is 4.61. The molecule has 11 heteroatoms. The minimum absolute atomic E-state index is 0.0451. The van der Waals surface area contributed by atoms with Crippen molar-refractivity contribution >= 4 is 5.91 Å². The number of nitrogens with zero attached hydrogens (tertiary/aromatic N) is 2. The molecule has 0 unspecified atom stereocenters. The first kappa shape index (κ1) is 22.9. The monoisotopic (exact) mass is 453 g/mol. The molecule has 0 spiro atoms. The highest BCUT2D eigenvalue weighted by molar-refractivity contribution is 5.95. The van der Waals surface area contributed by atoms with Gasteiger partial charge >= 0.3 is 6.18 Å². The highest BCUT2D eigenvalue weighted by atomic mass is 19.4. The van der Waals surface area contributed by atoms with Gasteiger partial charge in [-0.25, -0.2) is 9.07 Å². The van der Waals surface area contributed by atoms with E-state index < -0.39 is 29.2 Å². The van der Waals surface area contributed by atoms with Gasteiger partial charge in [-0.3, -0.25) is 4.79 Å². The second kappa shape index (κ2) is 9.16. The molecule has 0 aliphatic rings. The van der Waals surface area contributed by atoms with Crippen LogP contribution in [0.2, 0.25) is 0 Å². The van der Waals surface area contributed by atoms with Crippen LogP contribution in [0.3, 0.4) is 0 Å². The molecule has 32 heavy (non-hydrogen) atoms. The number of hydrogen-bond acceptors (Lipinski definition) is 5. The molecule has 170 valence electrons. The van der Waals surface area contributed by atoms with Crippen LogP contribution in [0.5, 0.6) is 17.2 Å². The molecule has 0 bridgehead atoms. The summed E-state index contributed by atoms with van der Waals surface area (Å²) >= 11 is 0. The van der Waals surface area contributed by atoms with E-state index in [2.05, 4.69) is 10.4 Å². The zero-order valence-electron chi connectivity index (χ0n) is 17.3. The summed E-state index contributed by atoms with van der Waals surface area (Å²) in [6, 6.07) is 7.37. The fraction of sp³-hybridized carbons (Fsp3) is 0.238. The quantitative estimate of drug-likeness (QED) is 0.548. The lowest BCUT2D eigenvalue weighted by Crippen LogP contribution is -2.26. The van der Waals surface area contributed by atoms with Gasteiger partial charge in [-0.05, 0) is 24.3 Å². The predicted molar refractivity (Wildman–Crippen MR) is 106 cm³/mol. The van der Waals surface area contributed by atoms with E-state index in [0.29, 0.717) is 27.5 Å². The maximum atomic E-state index is 13.8. The smallest absolute Gasteiger partial charge is 0.434 e. The van der Waals surface area contributed by atoms with Gasteiger partial charge in [-0.1, -0.05) is 0 Å². The number of rotatable bonds is 7. The molecule has 0 saturated heterocycles. The van der Waals surface area contributed by atoms with Gasteiger partial charge in [-0.15, -0.1) is 0 Å². The van der Waals surface area contributed by atoms with Crippen molar-refractivity contribution in [1.29, 1.82) is 0 Å². The highest BCUT2D eigenvalue weighted by Gasteiger charge is 2.40. The molecule has 0 radical (unpaired) electrons. The predicted octanol–water partition coefficient (Wildman–Crippen LogP) is 3.99. The maximum Gasteiger partial charge on any atom is 0.434 e. The van der Waals surface area contributed by atoms with E-state index in [4.69, 9.17) is 14.2 Å². The van der Waals surface area contributed by atoms with Crippen molar-refractivity contribution in [2.24, 2.45) is 0 Å². The van der Waals surface area contributed by atoms with E-state index in [-0.39, 0.29) is 12.2 Å². The molecule has 1 aromatic heterocycles. The van der Waals surface area contributed by atoms with Crippen molar-refractivity contribution < 1.29 is 36.6 Å². The molecule has 0 fully saturated rings. The fourth-order valence-electron chi connectivity index (χ4n) is 3.08. The van der Waals surface area contributed by atoms with Gasteiger partial charge in [0.1, 0.15) is 23.1 Å². The summed E-state index contributed by atoms with van der Waals surface area (Å²) in [5.41, 5.74) is -1.61. The number of hydrogen-bond donors (Lipinski definition) is 1. The maximum absolute atomic E-state index is 13.8. The summed E-state index contributed by atoms with van der Waals surface area (Å²) in [6.45, 7) is -0.186. The van der Waals surface area contributed by atoms with E-state index in [9.17, 15) is 22.4 Å². The average Bonchev–Trinajstić information content (AvgIpc) is 3.23. The normalized spacial score (nSPS) is 11.2. The molecule has 0 aliphatic carbocycles. The molecule has 2 aromatic carbocycles. The number of alkyl halides is 3. The zero-order chi connectivity index (χ0) is 23.5. The van der Waals surface area contributed by atoms with E-state index in [1.807, 2.05) is 0 Å². The Hall–Kier alpha value is -3.76. The number of methoxy groups -OCH3 is 3. The van der Waals surface area contributed by atoms with Crippen LogP contribution in [-0.4, -0.2) is 37.0 Å². The van der Waals surface area contributed by atoms with Crippen LogP contribution in [0, 0.1) is 5.82 Å². The Morgan fingerprint density at radius 2 is 1.62 bits per heavy atom.